The molecule has 0 aromatic carbocycles. The van der Waals surface area contributed by atoms with Gasteiger partial charge in [0.1, 0.15) is 0 Å². The Morgan fingerprint density at radius 3 is 2.17 bits per heavy atom. The maximum Gasteiger partial charge on any atom is 0.0418 e. The monoisotopic (exact) mass is 184 g/mol. The largest absolute Gasteiger partial charge is 0.122 e. The summed E-state index contributed by atoms with van der Waals surface area (Å²) in [6.45, 7) is 2.43. The molecule has 68 valence electrons. The van der Waals surface area contributed by atoms with E-state index < -0.39 is 0 Å². The lowest BCUT2D eigenvalue weighted by Gasteiger charge is -2.58. The van der Waals surface area contributed by atoms with Crippen LogP contribution in [0.2, 0.25) is 0 Å². The summed E-state index contributed by atoms with van der Waals surface area (Å²) in [5, 5.41) is 0.505. The molecule has 0 amide bonds. The van der Waals surface area contributed by atoms with E-state index in [1.165, 1.54) is 32.1 Å². The van der Waals surface area contributed by atoms with Crippen molar-refractivity contribution in [2.24, 2.45) is 23.2 Å². The van der Waals surface area contributed by atoms with Crippen molar-refractivity contribution in [1.29, 1.82) is 0 Å². The van der Waals surface area contributed by atoms with Crippen LogP contribution in [-0.2, 0) is 0 Å². The van der Waals surface area contributed by atoms with E-state index in [1.54, 1.807) is 0 Å². The van der Waals surface area contributed by atoms with E-state index >= 15 is 0 Å². The van der Waals surface area contributed by atoms with E-state index in [0.29, 0.717) is 10.8 Å². The molecule has 1 heteroatoms. The van der Waals surface area contributed by atoms with E-state index in [-0.39, 0.29) is 0 Å². The molecule has 12 heavy (non-hydrogen) atoms. The van der Waals surface area contributed by atoms with Crippen molar-refractivity contribution in [3.8, 4) is 0 Å². The second-order valence-corrected chi connectivity index (χ2v) is 6.13. The minimum atomic E-state index is 0.505. The van der Waals surface area contributed by atoms with Gasteiger partial charge in [0, 0.05) is 5.38 Å². The van der Waals surface area contributed by atoms with Crippen molar-refractivity contribution in [1.82, 2.24) is 0 Å². The Kier molecular flexibility index (Phi) is 1.41. The highest BCUT2D eigenvalue weighted by atomic mass is 35.5. The molecule has 4 fully saturated rings. The summed E-state index contributed by atoms with van der Waals surface area (Å²) in [5.74, 6) is 2.97. The summed E-state index contributed by atoms with van der Waals surface area (Å²) in [7, 11) is 0. The van der Waals surface area contributed by atoms with Crippen LogP contribution in [0.25, 0.3) is 0 Å². The first-order chi connectivity index (χ1) is 5.67. The number of rotatable bonds is 0. The molecule has 0 aromatic rings. The zero-order chi connectivity index (χ0) is 8.34. The van der Waals surface area contributed by atoms with Gasteiger partial charge in [0.2, 0.25) is 0 Å². The van der Waals surface area contributed by atoms with Crippen LogP contribution in [0, 0.1) is 23.2 Å². The summed E-state index contributed by atoms with van der Waals surface area (Å²) >= 11 is 6.51. The minimum absolute atomic E-state index is 0.505. The van der Waals surface area contributed by atoms with Crippen molar-refractivity contribution in [2.75, 3.05) is 0 Å². The highest BCUT2D eigenvalue weighted by Crippen LogP contribution is 2.61. The molecule has 0 aliphatic heterocycles. The zero-order valence-corrected chi connectivity index (χ0v) is 8.48. The molecule has 0 aromatic heterocycles. The second-order valence-electron chi connectivity index (χ2n) is 5.66. The van der Waals surface area contributed by atoms with Crippen LogP contribution in [0.15, 0.2) is 0 Å². The van der Waals surface area contributed by atoms with E-state index in [2.05, 4.69) is 6.92 Å². The molecule has 0 heterocycles. The first-order valence-electron chi connectivity index (χ1n) is 5.31. The van der Waals surface area contributed by atoms with Crippen LogP contribution < -0.4 is 0 Å². The highest BCUT2D eigenvalue weighted by Gasteiger charge is 2.53. The van der Waals surface area contributed by atoms with Crippen LogP contribution in [0.4, 0.5) is 0 Å². The molecular formula is C11H17Cl. The van der Waals surface area contributed by atoms with Crippen LogP contribution in [0.1, 0.15) is 39.0 Å². The minimum Gasteiger partial charge on any atom is -0.122 e. The molecule has 4 saturated carbocycles. The Balaban J connectivity index is 1.97. The van der Waals surface area contributed by atoms with Gasteiger partial charge in [-0.2, -0.15) is 0 Å². The van der Waals surface area contributed by atoms with Crippen LogP contribution in [0.5, 0.6) is 0 Å². The predicted octanol–water partition coefficient (Wildman–Crippen LogP) is 3.44. The van der Waals surface area contributed by atoms with Gasteiger partial charge in [0.15, 0.2) is 0 Å². The Morgan fingerprint density at radius 2 is 1.67 bits per heavy atom. The first-order valence-corrected chi connectivity index (χ1v) is 5.75. The van der Waals surface area contributed by atoms with Gasteiger partial charge in [-0.15, -0.1) is 11.6 Å². The van der Waals surface area contributed by atoms with Gasteiger partial charge in [-0.25, -0.2) is 0 Å². The smallest absolute Gasteiger partial charge is 0.0418 e. The van der Waals surface area contributed by atoms with E-state index in [1.807, 2.05) is 0 Å². The summed E-state index contributed by atoms with van der Waals surface area (Å²) < 4.78 is 0. The fourth-order valence-corrected chi connectivity index (χ4v) is 4.77. The molecule has 4 rings (SSSR count). The van der Waals surface area contributed by atoms with Gasteiger partial charge in [-0.3, -0.25) is 0 Å². The van der Waals surface area contributed by atoms with Crippen molar-refractivity contribution in [2.45, 2.75) is 44.4 Å². The number of alkyl halides is 1. The lowest BCUT2D eigenvalue weighted by molar-refractivity contribution is -0.0361. The molecular weight excluding hydrogens is 168 g/mol. The summed E-state index contributed by atoms with van der Waals surface area (Å²) in [4.78, 5) is 0. The molecule has 3 atom stereocenters. The maximum absolute atomic E-state index is 6.51. The molecule has 0 nitrogen and oxygen atoms in total. The van der Waals surface area contributed by atoms with E-state index in [0.717, 1.165) is 17.8 Å². The van der Waals surface area contributed by atoms with Crippen molar-refractivity contribution in [3.05, 3.63) is 0 Å². The molecule has 4 aliphatic carbocycles. The zero-order valence-electron chi connectivity index (χ0n) is 7.72. The van der Waals surface area contributed by atoms with Crippen LogP contribution in [0.3, 0.4) is 0 Å². The average Bonchev–Trinajstić information content (AvgIpc) is 1.98. The lowest BCUT2D eigenvalue weighted by Crippen LogP contribution is -2.52. The molecule has 0 spiro atoms. The highest BCUT2D eigenvalue weighted by molar-refractivity contribution is 6.21. The van der Waals surface area contributed by atoms with E-state index in [9.17, 15) is 0 Å². The molecule has 0 N–H and O–H groups in total. The normalized spacial score (nSPS) is 62.5. The van der Waals surface area contributed by atoms with E-state index in [4.69, 9.17) is 11.6 Å². The fraction of sp³-hybridized carbons (Fsp3) is 1.00. The second kappa shape index (κ2) is 2.20. The first kappa shape index (κ1) is 7.67. The Bertz CT molecular complexity index is 197. The topological polar surface area (TPSA) is 0 Å². The molecule has 4 bridgehead atoms. The van der Waals surface area contributed by atoms with Gasteiger partial charge in [0.25, 0.3) is 0 Å². The quantitative estimate of drug-likeness (QED) is 0.506. The summed E-state index contributed by atoms with van der Waals surface area (Å²) in [6, 6.07) is 0. The predicted molar refractivity (Wildman–Crippen MR) is 51.3 cm³/mol. The van der Waals surface area contributed by atoms with Crippen LogP contribution in [-0.4, -0.2) is 5.38 Å². The third kappa shape index (κ3) is 0.852. The molecule has 3 unspecified atom stereocenters. The average molecular weight is 185 g/mol. The van der Waals surface area contributed by atoms with Gasteiger partial charge in [0.05, 0.1) is 0 Å². The Morgan fingerprint density at radius 1 is 1.08 bits per heavy atom. The van der Waals surface area contributed by atoms with Crippen molar-refractivity contribution in [3.63, 3.8) is 0 Å². The number of hydrogen-bond acceptors (Lipinski definition) is 0. The summed E-state index contributed by atoms with van der Waals surface area (Å²) in [6.07, 6.45) is 7.26. The fourth-order valence-electron chi connectivity index (χ4n) is 4.39. The number of halogens is 1. The van der Waals surface area contributed by atoms with Crippen molar-refractivity contribution >= 4 is 11.6 Å². The SMILES string of the molecule is CC12CC3CC(CC(C3)C1Cl)C2. The Hall–Kier alpha value is 0.290. The maximum atomic E-state index is 6.51. The summed E-state index contributed by atoms with van der Waals surface area (Å²) in [5.41, 5.74) is 0.524. The standard InChI is InChI=1S/C11H17Cl/c1-11-5-7-2-8(6-11)4-9(3-7)10(11)12/h7-10H,2-6H2,1H3. The van der Waals surface area contributed by atoms with Crippen molar-refractivity contribution < 1.29 is 0 Å². The number of hydrogen-bond donors (Lipinski definition) is 0. The third-order valence-corrected chi connectivity index (χ3v) is 5.41. The van der Waals surface area contributed by atoms with Gasteiger partial charge in [-0.05, 0) is 55.3 Å². The van der Waals surface area contributed by atoms with Gasteiger partial charge in [-0.1, -0.05) is 6.92 Å². The van der Waals surface area contributed by atoms with Crippen LogP contribution >= 0.6 is 11.6 Å². The molecule has 0 radical (unpaired) electrons. The molecule has 4 aliphatic rings. The lowest BCUT2D eigenvalue weighted by atomic mass is 9.50. The third-order valence-electron chi connectivity index (χ3n) is 4.53. The van der Waals surface area contributed by atoms with Gasteiger partial charge >= 0.3 is 0 Å². The molecule has 0 saturated heterocycles. The Labute approximate surface area is 79.7 Å². The van der Waals surface area contributed by atoms with Gasteiger partial charge < -0.3 is 0 Å².